The first-order valence-electron chi connectivity index (χ1n) is 11.7. The third kappa shape index (κ3) is 4.01. The van der Waals surface area contributed by atoms with Gasteiger partial charge in [-0.1, -0.05) is 17.7 Å². The number of aryl methyl sites for hydroxylation is 2. The van der Waals surface area contributed by atoms with E-state index in [1.54, 1.807) is 12.4 Å². The minimum atomic E-state index is -0.0165. The molecule has 34 heavy (non-hydrogen) atoms. The Bertz CT molecular complexity index is 1340. The standard InChI is InChI=1S/C26H30N6OS/c1-15(2)31(5)19-8-10-32(14-19)26(33)23-24(18-7-6-9-27-13-18)34-25(28-23)22-20-12-16(3)11-17(4)21(20)29-30-22/h6-7,9,11-13,15,19H,8,10,14H2,1-5H3,(H,29,30)/t19-/m0/s1. The van der Waals surface area contributed by atoms with Gasteiger partial charge in [-0.2, -0.15) is 5.10 Å². The van der Waals surface area contributed by atoms with Crippen LogP contribution in [0.15, 0.2) is 36.7 Å². The maximum absolute atomic E-state index is 13.7. The third-order valence-electron chi connectivity index (χ3n) is 6.80. The Balaban J connectivity index is 1.56. The average molecular weight is 475 g/mol. The highest BCUT2D eigenvalue weighted by molar-refractivity contribution is 7.18. The summed E-state index contributed by atoms with van der Waals surface area (Å²) in [6.45, 7) is 9.99. The van der Waals surface area contributed by atoms with Gasteiger partial charge in [-0.25, -0.2) is 4.98 Å². The molecule has 1 aliphatic rings. The van der Waals surface area contributed by atoms with Crippen LogP contribution in [0.4, 0.5) is 0 Å². The van der Waals surface area contributed by atoms with Crippen LogP contribution in [0.2, 0.25) is 0 Å². The van der Waals surface area contributed by atoms with Gasteiger partial charge in [0.15, 0.2) is 0 Å². The summed E-state index contributed by atoms with van der Waals surface area (Å²) in [5.74, 6) is -0.0165. The van der Waals surface area contributed by atoms with Crippen LogP contribution >= 0.6 is 11.3 Å². The van der Waals surface area contributed by atoms with E-state index in [0.29, 0.717) is 17.8 Å². The Morgan fingerprint density at radius 1 is 1.29 bits per heavy atom. The average Bonchev–Trinajstić information content (AvgIpc) is 3.56. The first kappa shape index (κ1) is 22.7. The number of aromatic nitrogens is 4. The van der Waals surface area contributed by atoms with Crippen molar-refractivity contribution in [2.75, 3.05) is 20.1 Å². The van der Waals surface area contributed by atoms with Gasteiger partial charge in [-0.15, -0.1) is 11.3 Å². The van der Waals surface area contributed by atoms with Crippen molar-refractivity contribution < 1.29 is 4.79 Å². The first-order valence-corrected chi connectivity index (χ1v) is 12.5. The van der Waals surface area contributed by atoms with E-state index in [1.807, 2.05) is 17.0 Å². The fourth-order valence-corrected chi connectivity index (χ4v) is 5.79. The summed E-state index contributed by atoms with van der Waals surface area (Å²) in [6, 6.07) is 8.94. The molecule has 0 spiro atoms. The Morgan fingerprint density at radius 3 is 2.85 bits per heavy atom. The van der Waals surface area contributed by atoms with E-state index >= 15 is 0 Å². The zero-order valence-electron chi connectivity index (χ0n) is 20.3. The minimum Gasteiger partial charge on any atom is -0.336 e. The number of aromatic amines is 1. The van der Waals surface area contributed by atoms with Crippen LogP contribution in [0.5, 0.6) is 0 Å². The van der Waals surface area contributed by atoms with Crippen LogP contribution < -0.4 is 0 Å². The van der Waals surface area contributed by atoms with Gasteiger partial charge < -0.3 is 4.90 Å². The molecule has 7 nitrogen and oxygen atoms in total. The largest absolute Gasteiger partial charge is 0.336 e. The Kier molecular flexibility index (Phi) is 5.95. The van der Waals surface area contributed by atoms with Crippen LogP contribution in [0.3, 0.4) is 0 Å². The maximum Gasteiger partial charge on any atom is 0.274 e. The Morgan fingerprint density at radius 2 is 2.12 bits per heavy atom. The van der Waals surface area contributed by atoms with Crippen LogP contribution in [0.25, 0.3) is 32.0 Å². The van der Waals surface area contributed by atoms with E-state index < -0.39 is 0 Å². The molecule has 1 N–H and O–H groups in total. The molecule has 4 heterocycles. The maximum atomic E-state index is 13.7. The molecule has 1 atom stereocenters. The molecule has 0 saturated carbocycles. The second-order valence-corrected chi connectivity index (χ2v) is 10.5. The number of amides is 1. The number of hydrogen-bond acceptors (Lipinski definition) is 6. The van der Waals surface area contributed by atoms with E-state index in [9.17, 15) is 4.79 Å². The molecule has 5 rings (SSSR count). The lowest BCUT2D eigenvalue weighted by Crippen LogP contribution is -2.40. The van der Waals surface area contributed by atoms with E-state index in [-0.39, 0.29) is 5.91 Å². The number of benzene rings is 1. The van der Waals surface area contributed by atoms with Crippen LogP contribution in [0.1, 0.15) is 41.9 Å². The highest BCUT2D eigenvalue weighted by Crippen LogP contribution is 2.38. The number of rotatable bonds is 5. The zero-order chi connectivity index (χ0) is 24.0. The zero-order valence-corrected chi connectivity index (χ0v) is 21.1. The summed E-state index contributed by atoms with van der Waals surface area (Å²) in [4.78, 5) is 28.1. The molecule has 0 radical (unpaired) electrons. The molecular formula is C26H30N6OS. The summed E-state index contributed by atoms with van der Waals surface area (Å²) in [5, 5.41) is 9.53. The first-order chi connectivity index (χ1) is 16.3. The number of fused-ring (bicyclic) bond motifs is 1. The van der Waals surface area contributed by atoms with Crippen molar-refractivity contribution in [3.8, 4) is 21.1 Å². The molecule has 0 unspecified atom stereocenters. The number of thiazole rings is 1. The number of carbonyl (C=O) groups excluding carboxylic acids is 1. The van der Waals surface area contributed by atoms with Crippen molar-refractivity contribution in [2.24, 2.45) is 0 Å². The molecular weight excluding hydrogens is 444 g/mol. The Labute approximate surface area is 203 Å². The predicted molar refractivity (Wildman–Crippen MR) is 137 cm³/mol. The fourth-order valence-electron chi connectivity index (χ4n) is 4.73. The van der Waals surface area contributed by atoms with E-state index in [2.05, 4.69) is 67.0 Å². The second kappa shape index (κ2) is 8.92. The fraction of sp³-hybridized carbons (Fsp3) is 0.385. The quantitative estimate of drug-likeness (QED) is 0.444. The van der Waals surface area contributed by atoms with E-state index in [1.165, 1.54) is 16.9 Å². The number of carbonyl (C=O) groups is 1. The van der Waals surface area contributed by atoms with Crippen LogP contribution in [-0.2, 0) is 0 Å². The number of pyridine rings is 1. The van der Waals surface area contributed by atoms with Gasteiger partial charge in [0, 0.05) is 48.5 Å². The van der Waals surface area contributed by atoms with Crippen molar-refractivity contribution in [1.29, 1.82) is 0 Å². The van der Waals surface area contributed by atoms with Gasteiger partial charge in [0.2, 0.25) is 0 Å². The molecule has 3 aromatic heterocycles. The molecule has 176 valence electrons. The molecule has 1 saturated heterocycles. The molecule has 1 fully saturated rings. The number of likely N-dealkylation sites (N-methyl/N-ethyl adjacent to an activating group) is 1. The predicted octanol–water partition coefficient (Wildman–Crippen LogP) is 4.92. The molecule has 0 bridgehead atoms. The molecule has 1 amide bonds. The normalized spacial score (nSPS) is 16.3. The molecule has 1 aromatic carbocycles. The van der Waals surface area contributed by atoms with Crippen molar-refractivity contribution in [3.63, 3.8) is 0 Å². The van der Waals surface area contributed by atoms with Crippen LogP contribution in [-0.4, -0.2) is 68.1 Å². The number of H-pyrrole nitrogens is 1. The molecule has 0 aliphatic carbocycles. The number of likely N-dealkylation sites (tertiary alicyclic amines) is 1. The topological polar surface area (TPSA) is 78.0 Å². The second-order valence-electron chi connectivity index (χ2n) is 9.47. The lowest BCUT2D eigenvalue weighted by atomic mass is 10.1. The lowest BCUT2D eigenvalue weighted by molar-refractivity contribution is 0.0771. The molecule has 8 heteroatoms. The van der Waals surface area contributed by atoms with Crippen molar-refractivity contribution in [3.05, 3.63) is 53.5 Å². The number of nitrogens with one attached hydrogen (secondary N) is 1. The summed E-state index contributed by atoms with van der Waals surface area (Å²) in [6.07, 6.45) is 4.52. The summed E-state index contributed by atoms with van der Waals surface area (Å²) >= 11 is 1.52. The molecule has 4 aromatic rings. The van der Waals surface area contributed by atoms with Crippen LogP contribution in [0, 0.1) is 13.8 Å². The van der Waals surface area contributed by atoms with Crippen molar-refractivity contribution in [1.82, 2.24) is 30.0 Å². The van der Waals surface area contributed by atoms with Gasteiger partial charge >= 0.3 is 0 Å². The SMILES string of the molecule is Cc1cc(C)c2n[nH]c(-c3nc(C(=O)N4CC[C@H](N(C)C(C)C)C4)c(-c4cccnc4)s3)c2c1. The van der Waals surface area contributed by atoms with Gasteiger partial charge in [0.05, 0.1) is 10.4 Å². The van der Waals surface area contributed by atoms with Gasteiger partial charge in [-0.3, -0.25) is 19.8 Å². The van der Waals surface area contributed by atoms with E-state index in [0.717, 1.165) is 57.1 Å². The summed E-state index contributed by atoms with van der Waals surface area (Å²) in [7, 11) is 2.14. The summed E-state index contributed by atoms with van der Waals surface area (Å²) < 4.78 is 0. The van der Waals surface area contributed by atoms with Gasteiger partial charge in [0.1, 0.15) is 16.4 Å². The Hall–Kier alpha value is -3.10. The van der Waals surface area contributed by atoms with Crippen molar-refractivity contribution >= 4 is 28.1 Å². The third-order valence-corrected chi connectivity index (χ3v) is 7.92. The smallest absolute Gasteiger partial charge is 0.274 e. The number of nitrogens with zero attached hydrogens (tertiary/aromatic N) is 5. The van der Waals surface area contributed by atoms with Gasteiger partial charge in [-0.05, 0) is 58.9 Å². The van der Waals surface area contributed by atoms with Gasteiger partial charge in [0.25, 0.3) is 5.91 Å². The highest BCUT2D eigenvalue weighted by atomic mass is 32.1. The minimum absolute atomic E-state index is 0.0165. The van der Waals surface area contributed by atoms with E-state index in [4.69, 9.17) is 4.98 Å². The lowest BCUT2D eigenvalue weighted by Gasteiger charge is -2.28. The number of hydrogen-bond donors (Lipinski definition) is 1. The molecule has 1 aliphatic heterocycles. The monoisotopic (exact) mass is 474 g/mol. The van der Waals surface area contributed by atoms with Crippen molar-refractivity contribution in [2.45, 2.75) is 46.2 Å². The summed E-state index contributed by atoms with van der Waals surface area (Å²) in [5.41, 5.74) is 5.48. The highest BCUT2D eigenvalue weighted by Gasteiger charge is 2.33.